The summed E-state index contributed by atoms with van der Waals surface area (Å²) in [5, 5.41) is 10.4. The second-order valence-corrected chi connectivity index (χ2v) is 4.30. The van der Waals surface area contributed by atoms with E-state index in [0.717, 1.165) is 5.56 Å². The summed E-state index contributed by atoms with van der Waals surface area (Å²) in [7, 11) is 0. The minimum absolute atomic E-state index is 0.225. The van der Waals surface area contributed by atoms with E-state index in [-0.39, 0.29) is 12.8 Å². The van der Waals surface area contributed by atoms with Crippen LogP contribution in [-0.2, 0) is 11.3 Å². The van der Waals surface area contributed by atoms with Crippen LogP contribution in [0.25, 0.3) is 0 Å². The first kappa shape index (κ1) is 11.7. The third kappa shape index (κ3) is 2.15. The van der Waals surface area contributed by atoms with Gasteiger partial charge >= 0.3 is 0 Å². The Bertz CT molecular complexity index is 395. The number of halogens is 1. The van der Waals surface area contributed by atoms with Gasteiger partial charge in [0.2, 0.25) is 0 Å². The molecular weight excluding hydrogens is 230 g/mol. The number of nitrogens with two attached hydrogens (primary N) is 1. The summed E-state index contributed by atoms with van der Waals surface area (Å²) in [4.78, 5) is 0. The van der Waals surface area contributed by atoms with Gasteiger partial charge in [-0.3, -0.25) is 0 Å². The van der Waals surface area contributed by atoms with Gasteiger partial charge in [-0.05, 0) is 19.1 Å². The van der Waals surface area contributed by atoms with Crippen LogP contribution in [0.15, 0.2) is 12.1 Å². The Morgan fingerprint density at radius 1 is 1.50 bits per heavy atom. The van der Waals surface area contributed by atoms with Gasteiger partial charge in [-0.2, -0.15) is 0 Å². The number of ether oxygens (including phenoxy) is 2. The van der Waals surface area contributed by atoms with Crippen LogP contribution in [0.4, 0.5) is 0 Å². The third-order valence-corrected chi connectivity index (χ3v) is 2.88. The lowest BCUT2D eigenvalue weighted by Gasteiger charge is -2.22. The van der Waals surface area contributed by atoms with Crippen LogP contribution in [-0.4, -0.2) is 17.9 Å². The van der Waals surface area contributed by atoms with Gasteiger partial charge in [0.25, 0.3) is 0 Å². The minimum atomic E-state index is -0.788. The molecule has 1 heterocycles. The van der Waals surface area contributed by atoms with E-state index in [0.29, 0.717) is 22.9 Å². The standard InChI is InChI=1S/C11H14ClNO3/c1-6(13)11(14)8-3-10-7(2-9(8)12)4-15-5-16-10/h2-3,6,11,14H,4-5,13H2,1H3. The van der Waals surface area contributed by atoms with E-state index in [1.54, 1.807) is 19.1 Å². The second kappa shape index (κ2) is 4.59. The van der Waals surface area contributed by atoms with E-state index in [2.05, 4.69) is 0 Å². The summed E-state index contributed by atoms with van der Waals surface area (Å²) < 4.78 is 10.4. The molecule has 0 fully saturated rings. The first-order valence-corrected chi connectivity index (χ1v) is 5.44. The van der Waals surface area contributed by atoms with Crippen LogP contribution < -0.4 is 10.5 Å². The Balaban J connectivity index is 2.39. The Morgan fingerprint density at radius 2 is 2.25 bits per heavy atom. The monoisotopic (exact) mass is 243 g/mol. The topological polar surface area (TPSA) is 64.7 Å². The van der Waals surface area contributed by atoms with Crippen molar-refractivity contribution in [2.24, 2.45) is 5.73 Å². The molecule has 3 N–H and O–H groups in total. The fraction of sp³-hybridized carbons (Fsp3) is 0.455. The molecule has 1 aromatic rings. The largest absolute Gasteiger partial charge is 0.467 e. The van der Waals surface area contributed by atoms with Crippen molar-refractivity contribution in [1.82, 2.24) is 0 Å². The highest BCUT2D eigenvalue weighted by Gasteiger charge is 2.20. The molecule has 0 bridgehead atoms. The van der Waals surface area contributed by atoms with E-state index in [1.165, 1.54) is 0 Å². The van der Waals surface area contributed by atoms with Gasteiger partial charge in [0, 0.05) is 22.2 Å². The molecule has 1 aliphatic heterocycles. The highest BCUT2D eigenvalue weighted by Crippen LogP contribution is 2.33. The Hall–Kier alpha value is -0.810. The predicted molar refractivity (Wildman–Crippen MR) is 60.3 cm³/mol. The fourth-order valence-electron chi connectivity index (χ4n) is 1.62. The van der Waals surface area contributed by atoms with Crippen molar-refractivity contribution < 1.29 is 14.6 Å². The lowest BCUT2D eigenvalue weighted by molar-refractivity contribution is -0.0166. The van der Waals surface area contributed by atoms with Gasteiger partial charge < -0.3 is 20.3 Å². The van der Waals surface area contributed by atoms with Gasteiger partial charge in [-0.15, -0.1) is 0 Å². The van der Waals surface area contributed by atoms with E-state index in [1.807, 2.05) is 0 Å². The highest BCUT2D eigenvalue weighted by molar-refractivity contribution is 6.31. The quantitative estimate of drug-likeness (QED) is 0.828. The molecule has 1 aromatic carbocycles. The molecule has 88 valence electrons. The molecule has 4 nitrogen and oxygen atoms in total. The number of benzene rings is 1. The smallest absolute Gasteiger partial charge is 0.189 e. The number of hydrogen-bond donors (Lipinski definition) is 2. The Morgan fingerprint density at radius 3 is 2.94 bits per heavy atom. The summed E-state index contributed by atoms with van der Waals surface area (Å²) >= 11 is 6.07. The summed E-state index contributed by atoms with van der Waals surface area (Å²) in [5.74, 6) is 0.699. The van der Waals surface area contributed by atoms with E-state index in [9.17, 15) is 5.11 Å². The van der Waals surface area contributed by atoms with Crippen molar-refractivity contribution in [3.05, 3.63) is 28.3 Å². The molecule has 2 atom stereocenters. The van der Waals surface area contributed by atoms with Crippen molar-refractivity contribution in [2.75, 3.05) is 6.79 Å². The fourth-order valence-corrected chi connectivity index (χ4v) is 1.92. The van der Waals surface area contributed by atoms with Crippen LogP contribution >= 0.6 is 11.6 Å². The minimum Gasteiger partial charge on any atom is -0.467 e. The maximum Gasteiger partial charge on any atom is 0.189 e. The highest BCUT2D eigenvalue weighted by atomic mass is 35.5. The number of aliphatic hydroxyl groups is 1. The normalized spacial score (nSPS) is 18.5. The molecule has 16 heavy (non-hydrogen) atoms. The summed E-state index contributed by atoms with van der Waals surface area (Å²) in [6, 6.07) is 3.10. The summed E-state index contributed by atoms with van der Waals surface area (Å²) in [6.07, 6.45) is -0.788. The SMILES string of the molecule is CC(N)C(O)c1cc2c(cc1Cl)COCO2. The van der Waals surface area contributed by atoms with Gasteiger partial charge in [-0.25, -0.2) is 0 Å². The molecule has 0 saturated heterocycles. The number of rotatable bonds is 2. The molecule has 0 saturated carbocycles. The maximum absolute atomic E-state index is 9.88. The molecule has 5 heteroatoms. The zero-order valence-electron chi connectivity index (χ0n) is 8.94. The zero-order chi connectivity index (χ0) is 11.7. The van der Waals surface area contributed by atoms with Gasteiger partial charge in [0.15, 0.2) is 6.79 Å². The van der Waals surface area contributed by atoms with Crippen molar-refractivity contribution in [2.45, 2.75) is 25.7 Å². The predicted octanol–water partition coefficient (Wildman–Crippen LogP) is 1.59. The van der Waals surface area contributed by atoms with E-state index in [4.69, 9.17) is 26.8 Å². The molecule has 2 unspecified atom stereocenters. The van der Waals surface area contributed by atoms with Crippen LogP contribution in [0.5, 0.6) is 5.75 Å². The van der Waals surface area contributed by atoms with Gasteiger partial charge in [-0.1, -0.05) is 11.6 Å². The molecule has 0 aromatic heterocycles. The molecule has 0 aliphatic carbocycles. The van der Waals surface area contributed by atoms with Crippen molar-refractivity contribution in [3.8, 4) is 5.75 Å². The molecule has 0 spiro atoms. The van der Waals surface area contributed by atoms with E-state index >= 15 is 0 Å². The summed E-state index contributed by atoms with van der Waals surface area (Å²) in [6.45, 7) is 2.43. The van der Waals surface area contributed by atoms with Crippen LogP contribution in [0.1, 0.15) is 24.2 Å². The lowest BCUT2D eigenvalue weighted by atomic mass is 10.0. The van der Waals surface area contributed by atoms with E-state index < -0.39 is 6.10 Å². The Kier molecular flexibility index (Phi) is 3.35. The van der Waals surface area contributed by atoms with Gasteiger partial charge in [0.05, 0.1) is 12.7 Å². The summed E-state index contributed by atoms with van der Waals surface area (Å²) in [5.41, 5.74) is 7.12. The third-order valence-electron chi connectivity index (χ3n) is 2.55. The zero-order valence-corrected chi connectivity index (χ0v) is 9.70. The number of fused-ring (bicyclic) bond motifs is 1. The molecule has 1 aliphatic rings. The van der Waals surface area contributed by atoms with Crippen LogP contribution in [0, 0.1) is 0 Å². The van der Waals surface area contributed by atoms with Crippen molar-refractivity contribution >= 4 is 11.6 Å². The molecule has 0 amide bonds. The maximum atomic E-state index is 9.88. The number of aliphatic hydroxyl groups excluding tert-OH is 1. The average Bonchev–Trinajstić information content (AvgIpc) is 2.27. The van der Waals surface area contributed by atoms with Gasteiger partial charge in [0.1, 0.15) is 5.75 Å². The van der Waals surface area contributed by atoms with Crippen LogP contribution in [0.3, 0.4) is 0 Å². The first-order valence-electron chi connectivity index (χ1n) is 5.06. The average molecular weight is 244 g/mol. The van der Waals surface area contributed by atoms with Crippen molar-refractivity contribution in [3.63, 3.8) is 0 Å². The molecule has 0 radical (unpaired) electrons. The Labute approximate surface area is 98.9 Å². The lowest BCUT2D eigenvalue weighted by Crippen LogP contribution is -2.25. The first-order chi connectivity index (χ1) is 7.59. The molecule has 2 rings (SSSR count). The second-order valence-electron chi connectivity index (χ2n) is 3.90. The van der Waals surface area contributed by atoms with Crippen LogP contribution in [0.2, 0.25) is 5.02 Å². The number of hydrogen-bond acceptors (Lipinski definition) is 4. The molecular formula is C11H14ClNO3. The van der Waals surface area contributed by atoms with Crippen molar-refractivity contribution in [1.29, 1.82) is 0 Å².